The molecule has 0 saturated heterocycles. The second-order valence-corrected chi connectivity index (χ2v) is 5.21. The van der Waals surface area contributed by atoms with E-state index >= 15 is 0 Å². The molecule has 1 aromatic carbocycles. The molecule has 2 rings (SSSR count). The highest BCUT2D eigenvalue weighted by Crippen LogP contribution is 2.25. The minimum Gasteiger partial charge on any atom is -0.478 e. The van der Waals surface area contributed by atoms with Crippen molar-refractivity contribution in [3.63, 3.8) is 0 Å². The molecule has 2 N–H and O–H groups in total. The molecule has 6 nitrogen and oxygen atoms in total. The number of hydrogen-bond donors (Lipinski definition) is 2. The number of aryl methyl sites for hydroxylation is 1. The first kappa shape index (κ1) is 15.2. The lowest BCUT2D eigenvalue weighted by Gasteiger charge is -2.09. The summed E-state index contributed by atoms with van der Waals surface area (Å²) in [6.45, 7) is 1.62. The third-order valence-corrected chi connectivity index (χ3v) is 3.27. The average Bonchev–Trinajstić information content (AvgIpc) is 2.37. The summed E-state index contributed by atoms with van der Waals surface area (Å²) in [7, 11) is 0. The molecular formula is C13H11FN2O4S. The molecule has 0 aliphatic heterocycles. The van der Waals surface area contributed by atoms with Crippen molar-refractivity contribution in [1.29, 1.82) is 0 Å². The Morgan fingerprint density at radius 3 is 2.71 bits per heavy atom. The smallest absolute Gasteiger partial charge is 0.339 e. The predicted molar refractivity (Wildman–Crippen MR) is 73.6 cm³/mol. The predicted octanol–water partition coefficient (Wildman–Crippen LogP) is 2.01. The first-order valence-electron chi connectivity index (χ1n) is 5.81. The molecule has 1 atom stereocenters. The van der Waals surface area contributed by atoms with Crippen LogP contribution in [0.2, 0.25) is 0 Å². The zero-order valence-corrected chi connectivity index (χ0v) is 11.7. The van der Waals surface area contributed by atoms with Gasteiger partial charge in [-0.25, -0.2) is 23.4 Å². The topological polar surface area (TPSA) is 100 Å². The number of nitrogens with zero attached hydrogens (tertiary/aromatic N) is 2. The Labute approximate surface area is 122 Å². The Kier molecular flexibility index (Phi) is 4.39. The van der Waals surface area contributed by atoms with Crippen LogP contribution in [0.25, 0.3) is 11.3 Å². The Balaban J connectivity index is 2.62. The lowest BCUT2D eigenvalue weighted by atomic mass is 10.0. The van der Waals surface area contributed by atoms with Gasteiger partial charge >= 0.3 is 5.97 Å². The van der Waals surface area contributed by atoms with E-state index in [0.29, 0.717) is 11.1 Å². The normalized spacial score (nSPS) is 12.1. The van der Waals surface area contributed by atoms with Crippen molar-refractivity contribution in [3.05, 3.63) is 47.2 Å². The second kappa shape index (κ2) is 6.06. The molecule has 0 bridgehead atoms. The van der Waals surface area contributed by atoms with Crippen molar-refractivity contribution in [2.45, 2.75) is 12.7 Å². The molecule has 0 aliphatic carbocycles. The molecule has 1 aromatic heterocycles. The zero-order valence-electron chi connectivity index (χ0n) is 10.9. The fraction of sp³-hybridized carbons (Fsp3) is 0.154. The summed E-state index contributed by atoms with van der Waals surface area (Å²) in [5, 5.41) is 9.18. The summed E-state index contributed by atoms with van der Waals surface area (Å²) >= 11 is -2.14. The lowest BCUT2D eigenvalue weighted by molar-refractivity contribution is 0.0697. The molecule has 0 radical (unpaired) electrons. The van der Waals surface area contributed by atoms with Crippen LogP contribution in [0.5, 0.6) is 0 Å². The molecule has 1 heterocycles. The highest BCUT2D eigenvalue weighted by molar-refractivity contribution is 7.78. The summed E-state index contributed by atoms with van der Waals surface area (Å²) in [6.07, 6.45) is 1.08. The molecule has 0 amide bonds. The molecule has 0 aliphatic rings. The number of halogens is 1. The van der Waals surface area contributed by atoms with Gasteiger partial charge in [0.1, 0.15) is 23.0 Å². The molecule has 0 fully saturated rings. The van der Waals surface area contributed by atoms with Gasteiger partial charge in [0.25, 0.3) is 0 Å². The van der Waals surface area contributed by atoms with Gasteiger partial charge in [-0.05, 0) is 30.7 Å². The van der Waals surface area contributed by atoms with Crippen LogP contribution < -0.4 is 0 Å². The molecule has 1 unspecified atom stereocenters. The molecule has 2 aromatic rings. The molecular weight excluding hydrogens is 299 g/mol. The number of carboxylic acids is 1. The van der Waals surface area contributed by atoms with Gasteiger partial charge in [-0.3, -0.25) is 0 Å². The average molecular weight is 310 g/mol. The Morgan fingerprint density at radius 2 is 2.14 bits per heavy atom. The van der Waals surface area contributed by atoms with Gasteiger partial charge in [0, 0.05) is 11.8 Å². The van der Waals surface area contributed by atoms with Crippen LogP contribution >= 0.6 is 0 Å². The Bertz CT molecular complexity index is 736. The maximum absolute atomic E-state index is 13.2. The fourth-order valence-electron chi connectivity index (χ4n) is 1.85. The summed E-state index contributed by atoms with van der Waals surface area (Å²) < 4.78 is 32.8. The Hall–Kier alpha value is -2.19. The van der Waals surface area contributed by atoms with Gasteiger partial charge in [-0.2, -0.15) is 0 Å². The highest BCUT2D eigenvalue weighted by Gasteiger charge is 2.17. The largest absolute Gasteiger partial charge is 0.478 e. The quantitative estimate of drug-likeness (QED) is 0.838. The number of aromatic carboxylic acids is 1. The summed E-state index contributed by atoms with van der Waals surface area (Å²) in [5.74, 6) is -1.95. The number of carbonyl (C=O) groups is 1. The van der Waals surface area contributed by atoms with E-state index in [1.807, 2.05) is 0 Å². The van der Waals surface area contributed by atoms with E-state index in [1.54, 1.807) is 6.92 Å². The number of rotatable bonds is 4. The van der Waals surface area contributed by atoms with Gasteiger partial charge in [-0.15, -0.1) is 0 Å². The second-order valence-electron chi connectivity index (χ2n) is 4.28. The van der Waals surface area contributed by atoms with E-state index < -0.39 is 22.9 Å². The third kappa shape index (κ3) is 3.47. The van der Waals surface area contributed by atoms with E-state index in [9.17, 15) is 18.5 Å². The van der Waals surface area contributed by atoms with Crippen LogP contribution in [0, 0.1) is 12.7 Å². The standard InChI is InChI=1S/C13H11FN2O4S/c1-7-4-8(14)2-3-9(7)12-10(13(17)18)5-15-11(16-12)6-21(19)20/h2-5H,6H2,1H3,(H,17,18)(H,19,20). The van der Waals surface area contributed by atoms with E-state index in [0.717, 1.165) is 6.20 Å². The van der Waals surface area contributed by atoms with Gasteiger partial charge in [0.2, 0.25) is 0 Å². The van der Waals surface area contributed by atoms with Crippen molar-refractivity contribution >= 4 is 17.0 Å². The number of aromatic nitrogens is 2. The van der Waals surface area contributed by atoms with Crippen LogP contribution in [0.1, 0.15) is 21.7 Å². The summed E-state index contributed by atoms with van der Waals surface area (Å²) in [4.78, 5) is 19.0. The molecule has 0 saturated carbocycles. The van der Waals surface area contributed by atoms with Crippen molar-refractivity contribution in [1.82, 2.24) is 9.97 Å². The van der Waals surface area contributed by atoms with E-state index in [1.165, 1.54) is 18.2 Å². The van der Waals surface area contributed by atoms with E-state index in [2.05, 4.69) is 9.97 Å². The zero-order chi connectivity index (χ0) is 15.6. The van der Waals surface area contributed by atoms with Crippen molar-refractivity contribution in [2.24, 2.45) is 0 Å². The van der Waals surface area contributed by atoms with Crippen molar-refractivity contribution in [3.8, 4) is 11.3 Å². The van der Waals surface area contributed by atoms with Crippen LogP contribution in [0.4, 0.5) is 4.39 Å². The number of carboxylic acid groups (broad SMARTS) is 1. The van der Waals surface area contributed by atoms with Gasteiger partial charge in [0.05, 0.1) is 5.69 Å². The number of benzene rings is 1. The molecule has 21 heavy (non-hydrogen) atoms. The van der Waals surface area contributed by atoms with Crippen LogP contribution in [0.15, 0.2) is 24.4 Å². The SMILES string of the molecule is Cc1cc(F)ccc1-c1nc(CS(=O)O)ncc1C(=O)O. The van der Waals surface area contributed by atoms with Crippen molar-refractivity contribution in [2.75, 3.05) is 0 Å². The first-order chi connectivity index (χ1) is 9.88. The summed E-state index contributed by atoms with van der Waals surface area (Å²) in [5.41, 5.74) is 0.876. The highest BCUT2D eigenvalue weighted by atomic mass is 32.2. The van der Waals surface area contributed by atoms with Crippen molar-refractivity contribution < 1.29 is 23.1 Å². The maximum Gasteiger partial charge on any atom is 0.339 e. The molecule has 8 heteroatoms. The van der Waals surface area contributed by atoms with Gasteiger partial charge < -0.3 is 9.66 Å². The van der Waals surface area contributed by atoms with Crippen LogP contribution in [-0.2, 0) is 16.8 Å². The monoisotopic (exact) mass is 310 g/mol. The van der Waals surface area contributed by atoms with Gasteiger partial charge in [-0.1, -0.05) is 0 Å². The van der Waals surface area contributed by atoms with E-state index in [4.69, 9.17) is 4.55 Å². The van der Waals surface area contributed by atoms with E-state index in [-0.39, 0.29) is 22.8 Å². The van der Waals surface area contributed by atoms with Crippen LogP contribution in [-0.4, -0.2) is 29.8 Å². The van der Waals surface area contributed by atoms with Crippen LogP contribution in [0.3, 0.4) is 0 Å². The fourth-order valence-corrected chi connectivity index (χ4v) is 2.21. The lowest BCUT2D eigenvalue weighted by Crippen LogP contribution is -2.08. The maximum atomic E-state index is 13.2. The Morgan fingerprint density at radius 1 is 1.43 bits per heavy atom. The third-order valence-electron chi connectivity index (χ3n) is 2.77. The first-order valence-corrected chi connectivity index (χ1v) is 7.09. The molecule has 0 spiro atoms. The number of hydrogen-bond acceptors (Lipinski definition) is 4. The molecule has 110 valence electrons. The minimum atomic E-state index is -2.14. The van der Waals surface area contributed by atoms with Gasteiger partial charge in [0.15, 0.2) is 11.1 Å². The minimum absolute atomic E-state index is 0.0413. The summed E-state index contributed by atoms with van der Waals surface area (Å²) in [6, 6.07) is 3.87.